The Morgan fingerprint density at radius 1 is 1.07 bits per heavy atom. The topological polar surface area (TPSA) is 145 Å². The molecule has 11 nitrogen and oxygen atoms in total. The molecule has 2 aromatic heterocycles. The lowest BCUT2D eigenvalue weighted by atomic mass is 10.3. The lowest BCUT2D eigenvalue weighted by Crippen LogP contribution is -2.17. The molecule has 0 fully saturated rings. The number of esters is 2. The lowest BCUT2D eigenvalue weighted by Gasteiger charge is -2.09. The van der Waals surface area contributed by atoms with Gasteiger partial charge in [-0.25, -0.2) is 14.3 Å². The van der Waals surface area contributed by atoms with Gasteiger partial charge in [-0.2, -0.15) is 18.6 Å². The summed E-state index contributed by atoms with van der Waals surface area (Å²) in [6.07, 6.45) is 2.68. The molecule has 0 aliphatic heterocycles. The van der Waals surface area contributed by atoms with Gasteiger partial charge < -0.3 is 9.47 Å². The van der Waals surface area contributed by atoms with Gasteiger partial charge in [0, 0.05) is 11.9 Å². The number of hydrogen-bond acceptors (Lipinski definition) is 8. The normalized spacial score (nSPS) is 11.1. The first-order valence-corrected chi connectivity index (χ1v) is 10.4. The van der Waals surface area contributed by atoms with E-state index in [0.717, 1.165) is 6.20 Å². The number of nitrogens with one attached hydrogen (secondary N) is 2. The van der Waals surface area contributed by atoms with E-state index in [1.54, 1.807) is 32.2 Å². The van der Waals surface area contributed by atoms with Crippen molar-refractivity contribution in [3.05, 3.63) is 54.0 Å². The second-order valence-electron chi connectivity index (χ2n) is 5.85. The summed E-state index contributed by atoms with van der Waals surface area (Å²) in [5, 5.41) is 9.67. The number of anilines is 1. The van der Waals surface area contributed by atoms with Gasteiger partial charge in [-0.05, 0) is 44.2 Å². The zero-order chi connectivity index (χ0) is 21.7. The Morgan fingerprint density at radius 2 is 1.73 bits per heavy atom. The SMILES string of the molecule is CCOC(=O)c1ccn(-c2ccc(NS(=O)(=O)c3[nH]ncc3C(=O)OCC)cc2)n1. The van der Waals surface area contributed by atoms with Crippen molar-refractivity contribution in [1.82, 2.24) is 20.0 Å². The Kier molecular flexibility index (Phi) is 6.16. The van der Waals surface area contributed by atoms with Crippen LogP contribution in [0.4, 0.5) is 5.69 Å². The van der Waals surface area contributed by atoms with E-state index < -0.39 is 27.0 Å². The molecule has 0 radical (unpaired) electrons. The van der Waals surface area contributed by atoms with E-state index >= 15 is 0 Å². The van der Waals surface area contributed by atoms with Crippen LogP contribution in [-0.4, -0.2) is 53.5 Å². The largest absolute Gasteiger partial charge is 0.462 e. The zero-order valence-corrected chi connectivity index (χ0v) is 17.0. The maximum atomic E-state index is 12.6. The minimum absolute atomic E-state index is 0.101. The monoisotopic (exact) mass is 433 g/mol. The van der Waals surface area contributed by atoms with Crippen LogP contribution in [0.3, 0.4) is 0 Å². The molecule has 30 heavy (non-hydrogen) atoms. The first-order valence-electron chi connectivity index (χ1n) is 8.92. The molecular weight excluding hydrogens is 414 g/mol. The van der Waals surface area contributed by atoms with Crippen molar-refractivity contribution in [1.29, 1.82) is 0 Å². The van der Waals surface area contributed by atoms with Crippen molar-refractivity contribution >= 4 is 27.6 Å². The number of ether oxygens (including phenoxy) is 2. The molecule has 158 valence electrons. The summed E-state index contributed by atoms with van der Waals surface area (Å²) in [5.41, 5.74) is 0.819. The van der Waals surface area contributed by atoms with Crippen molar-refractivity contribution in [3.8, 4) is 5.69 Å². The summed E-state index contributed by atoms with van der Waals surface area (Å²) in [5.74, 6) is -1.32. The van der Waals surface area contributed by atoms with Crippen LogP contribution >= 0.6 is 0 Å². The van der Waals surface area contributed by atoms with Crippen LogP contribution in [0.1, 0.15) is 34.7 Å². The molecule has 1 aromatic carbocycles. The van der Waals surface area contributed by atoms with Crippen LogP contribution in [0.2, 0.25) is 0 Å². The number of aromatic amines is 1. The Bertz CT molecular complexity index is 1150. The Labute approximate surface area is 172 Å². The molecule has 0 aliphatic rings. The lowest BCUT2D eigenvalue weighted by molar-refractivity contribution is 0.0511. The highest BCUT2D eigenvalue weighted by molar-refractivity contribution is 7.92. The average Bonchev–Trinajstić information content (AvgIpc) is 3.39. The molecule has 2 heterocycles. The van der Waals surface area contributed by atoms with Crippen LogP contribution in [0, 0.1) is 0 Å². The van der Waals surface area contributed by atoms with Gasteiger partial charge in [0.05, 0.1) is 25.1 Å². The molecule has 0 spiro atoms. The number of H-pyrrole nitrogens is 1. The minimum Gasteiger partial charge on any atom is -0.462 e. The number of rotatable bonds is 8. The van der Waals surface area contributed by atoms with Gasteiger partial charge in [0.25, 0.3) is 10.0 Å². The van der Waals surface area contributed by atoms with Gasteiger partial charge in [-0.3, -0.25) is 9.82 Å². The summed E-state index contributed by atoms with van der Waals surface area (Å²) >= 11 is 0. The van der Waals surface area contributed by atoms with Gasteiger partial charge in [-0.15, -0.1) is 0 Å². The van der Waals surface area contributed by atoms with E-state index in [0.29, 0.717) is 5.69 Å². The number of aromatic nitrogens is 4. The molecule has 12 heteroatoms. The highest BCUT2D eigenvalue weighted by atomic mass is 32.2. The summed E-state index contributed by atoms with van der Waals surface area (Å²) < 4.78 is 38.8. The van der Waals surface area contributed by atoms with E-state index in [2.05, 4.69) is 20.0 Å². The first-order chi connectivity index (χ1) is 14.4. The molecule has 2 N–H and O–H groups in total. The highest BCUT2D eigenvalue weighted by Gasteiger charge is 2.26. The fourth-order valence-electron chi connectivity index (χ4n) is 2.50. The van der Waals surface area contributed by atoms with Crippen molar-refractivity contribution in [3.63, 3.8) is 0 Å². The van der Waals surface area contributed by atoms with Crippen LogP contribution in [-0.2, 0) is 19.5 Å². The summed E-state index contributed by atoms with van der Waals surface area (Å²) in [6, 6.07) is 7.76. The van der Waals surface area contributed by atoms with Crippen LogP contribution in [0.25, 0.3) is 5.69 Å². The van der Waals surface area contributed by atoms with Gasteiger partial charge in [0.15, 0.2) is 10.7 Å². The molecular formula is C18H19N5O6S. The summed E-state index contributed by atoms with van der Waals surface area (Å²) in [6.45, 7) is 3.66. The number of nitrogens with zero attached hydrogens (tertiary/aromatic N) is 3. The molecule has 0 atom stereocenters. The molecule has 0 aliphatic carbocycles. The molecule has 3 aromatic rings. The van der Waals surface area contributed by atoms with E-state index in [1.165, 1.54) is 22.9 Å². The zero-order valence-electron chi connectivity index (χ0n) is 16.2. The number of benzene rings is 1. The van der Waals surface area contributed by atoms with Crippen LogP contribution < -0.4 is 4.72 Å². The van der Waals surface area contributed by atoms with Crippen LogP contribution in [0.15, 0.2) is 47.8 Å². The predicted octanol–water partition coefficient (Wildman–Crippen LogP) is 1.75. The summed E-state index contributed by atoms with van der Waals surface area (Å²) in [7, 11) is -4.11. The molecule has 0 amide bonds. The molecule has 0 saturated heterocycles. The number of carbonyl (C=O) groups excluding carboxylic acids is 2. The summed E-state index contributed by atoms with van der Waals surface area (Å²) in [4.78, 5) is 23.6. The average molecular weight is 433 g/mol. The van der Waals surface area contributed by atoms with E-state index in [1.807, 2.05) is 0 Å². The van der Waals surface area contributed by atoms with Gasteiger partial charge in [0.2, 0.25) is 0 Å². The smallest absolute Gasteiger partial charge is 0.358 e. The van der Waals surface area contributed by atoms with Gasteiger partial charge >= 0.3 is 11.9 Å². The molecule has 0 saturated carbocycles. The highest BCUT2D eigenvalue weighted by Crippen LogP contribution is 2.20. The van der Waals surface area contributed by atoms with E-state index in [-0.39, 0.29) is 30.2 Å². The Balaban J connectivity index is 1.77. The Hall–Kier alpha value is -3.67. The molecule has 0 bridgehead atoms. The van der Waals surface area contributed by atoms with Gasteiger partial charge in [-0.1, -0.05) is 0 Å². The Morgan fingerprint density at radius 3 is 2.40 bits per heavy atom. The standard InChI is InChI=1S/C18H19N5O6S/c1-3-28-17(24)14-11-19-20-16(14)30(26,27)22-12-5-7-13(8-6-12)23-10-9-15(21-23)18(25)29-4-2/h5-11,22H,3-4H2,1-2H3,(H,19,20). The fourth-order valence-corrected chi connectivity index (χ4v) is 3.65. The quantitative estimate of drug-likeness (QED) is 0.511. The van der Waals surface area contributed by atoms with Crippen molar-refractivity contribution in [2.24, 2.45) is 0 Å². The van der Waals surface area contributed by atoms with E-state index in [4.69, 9.17) is 9.47 Å². The fraction of sp³-hybridized carbons (Fsp3) is 0.222. The third-order valence-corrected chi connectivity index (χ3v) is 5.18. The minimum atomic E-state index is -4.11. The van der Waals surface area contributed by atoms with Crippen LogP contribution in [0.5, 0.6) is 0 Å². The number of sulfonamides is 1. The molecule has 3 rings (SSSR count). The predicted molar refractivity (Wildman–Crippen MR) is 105 cm³/mol. The number of carbonyl (C=O) groups is 2. The maximum absolute atomic E-state index is 12.6. The van der Waals surface area contributed by atoms with Crippen molar-refractivity contribution < 1.29 is 27.5 Å². The second kappa shape index (κ2) is 8.78. The van der Waals surface area contributed by atoms with Gasteiger partial charge in [0.1, 0.15) is 5.56 Å². The molecule has 0 unspecified atom stereocenters. The van der Waals surface area contributed by atoms with Crippen molar-refractivity contribution in [2.75, 3.05) is 17.9 Å². The third kappa shape index (κ3) is 4.49. The van der Waals surface area contributed by atoms with Crippen molar-refractivity contribution in [2.45, 2.75) is 18.9 Å². The number of hydrogen-bond donors (Lipinski definition) is 2. The third-order valence-electron chi connectivity index (χ3n) is 3.83. The maximum Gasteiger partial charge on any atom is 0.358 e. The first kappa shape index (κ1) is 21.0. The second-order valence-corrected chi connectivity index (χ2v) is 7.47. The van der Waals surface area contributed by atoms with E-state index in [9.17, 15) is 18.0 Å².